The quantitative estimate of drug-likeness (QED) is 0.826. The Morgan fingerprint density at radius 2 is 2.00 bits per heavy atom. The van der Waals surface area contributed by atoms with Crippen molar-refractivity contribution < 1.29 is 14.3 Å². The number of carboxylic acid groups (broad SMARTS) is 1. The van der Waals surface area contributed by atoms with Gasteiger partial charge in [0.15, 0.2) is 0 Å². The molecule has 0 spiro atoms. The number of hydrogen-bond acceptors (Lipinski definition) is 2. The van der Waals surface area contributed by atoms with Gasteiger partial charge in [-0.2, -0.15) is 0 Å². The van der Waals surface area contributed by atoms with Crippen LogP contribution in [0.15, 0.2) is 12.1 Å². The summed E-state index contributed by atoms with van der Waals surface area (Å²) in [5.74, 6) is -2.06. The van der Waals surface area contributed by atoms with E-state index in [1.807, 2.05) is 6.92 Å². The first-order valence-electron chi connectivity index (χ1n) is 5.10. The van der Waals surface area contributed by atoms with E-state index in [1.54, 1.807) is 19.9 Å². The van der Waals surface area contributed by atoms with Crippen LogP contribution in [0.3, 0.4) is 0 Å². The molecule has 1 aromatic carbocycles. The zero-order valence-electron chi connectivity index (χ0n) is 9.62. The Labute approximate surface area is 94.1 Å². The number of halogens is 1. The Bertz CT molecular complexity index is 418. The number of aryl methyl sites for hydroxylation is 1. The second kappa shape index (κ2) is 4.61. The van der Waals surface area contributed by atoms with Gasteiger partial charge in [-0.1, -0.05) is 13.0 Å². The maximum absolute atomic E-state index is 13.7. The van der Waals surface area contributed by atoms with Crippen LogP contribution in [0.5, 0.6) is 0 Å². The van der Waals surface area contributed by atoms with Crippen molar-refractivity contribution in [3.63, 3.8) is 0 Å². The topological polar surface area (TPSA) is 63.3 Å². The van der Waals surface area contributed by atoms with Crippen LogP contribution < -0.4 is 5.73 Å². The van der Waals surface area contributed by atoms with E-state index in [9.17, 15) is 9.18 Å². The fourth-order valence-corrected chi connectivity index (χ4v) is 1.76. The fourth-order valence-electron chi connectivity index (χ4n) is 1.76. The van der Waals surface area contributed by atoms with Crippen molar-refractivity contribution in [1.82, 2.24) is 0 Å². The number of nitrogens with two attached hydrogens (primary N) is 1. The van der Waals surface area contributed by atoms with E-state index in [1.165, 1.54) is 6.07 Å². The number of benzene rings is 1. The second-order valence-electron chi connectivity index (χ2n) is 4.06. The molecule has 0 aliphatic carbocycles. The normalized spacial score (nSPS) is 14.6. The summed E-state index contributed by atoms with van der Waals surface area (Å²) in [4.78, 5) is 10.8. The molecular weight excluding hydrogens is 209 g/mol. The lowest BCUT2D eigenvalue weighted by molar-refractivity contribution is -0.139. The minimum Gasteiger partial charge on any atom is -0.480 e. The summed E-state index contributed by atoms with van der Waals surface area (Å²) in [5, 5.41) is 8.82. The Morgan fingerprint density at radius 1 is 1.44 bits per heavy atom. The van der Waals surface area contributed by atoms with Gasteiger partial charge in [0.2, 0.25) is 0 Å². The highest BCUT2D eigenvalue weighted by molar-refractivity contribution is 5.74. The number of rotatable bonds is 3. The molecular formula is C12H16FNO2. The molecule has 0 aliphatic heterocycles. The predicted octanol–water partition coefficient (Wildman–Crippen LogP) is 1.96. The third-order valence-corrected chi connectivity index (χ3v) is 3.01. The molecule has 0 bridgehead atoms. The second-order valence-corrected chi connectivity index (χ2v) is 4.06. The lowest BCUT2D eigenvalue weighted by Crippen LogP contribution is -2.36. The van der Waals surface area contributed by atoms with Crippen LogP contribution in [0, 0.1) is 19.7 Å². The van der Waals surface area contributed by atoms with E-state index in [2.05, 4.69) is 0 Å². The van der Waals surface area contributed by atoms with Gasteiger partial charge in [0, 0.05) is 5.92 Å². The molecule has 4 heteroatoms. The highest BCUT2D eigenvalue weighted by atomic mass is 19.1. The van der Waals surface area contributed by atoms with Crippen LogP contribution in [0.25, 0.3) is 0 Å². The summed E-state index contributed by atoms with van der Waals surface area (Å²) < 4.78 is 13.7. The molecule has 88 valence electrons. The predicted molar refractivity (Wildman–Crippen MR) is 59.9 cm³/mol. The first-order chi connectivity index (χ1) is 7.36. The van der Waals surface area contributed by atoms with Gasteiger partial charge in [-0.05, 0) is 36.6 Å². The van der Waals surface area contributed by atoms with Gasteiger partial charge < -0.3 is 10.8 Å². The Balaban J connectivity index is 3.22. The number of hydrogen-bond donors (Lipinski definition) is 2. The summed E-state index contributed by atoms with van der Waals surface area (Å²) in [6.07, 6.45) is 0. The third kappa shape index (κ3) is 2.22. The van der Waals surface area contributed by atoms with Crippen molar-refractivity contribution in [2.45, 2.75) is 32.7 Å². The van der Waals surface area contributed by atoms with E-state index < -0.39 is 23.7 Å². The molecule has 2 atom stereocenters. The summed E-state index contributed by atoms with van der Waals surface area (Å²) in [7, 11) is 0. The summed E-state index contributed by atoms with van der Waals surface area (Å²) in [6.45, 7) is 5.26. The fraction of sp³-hybridized carbons (Fsp3) is 0.417. The monoisotopic (exact) mass is 225 g/mol. The van der Waals surface area contributed by atoms with Crippen LogP contribution in [0.1, 0.15) is 29.5 Å². The van der Waals surface area contributed by atoms with E-state index in [0.29, 0.717) is 5.56 Å². The number of aliphatic carboxylic acids is 1. The van der Waals surface area contributed by atoms with Gasteiger partial charge in [-0.15, -0.1) is 0 Å². The number of carbonyl (C=O) groups is 1. The molecule has 0 aromatic heterocycles. The van der Waals surface area contributed by atoms with Crippen molar-refractivity contribution in [3.8, 4) is 0 Å². The van der Waals surface area contributed by atoms with Gasteiger partial charge in [0.1, 0.15) is 11.9 Å². The summed E-state index contributed by atoms with van der Waals surface area (Å²) in [5.41, 5.74) is 7.61. The molecule has 0 aliphatic rings. The highest BCUT2D eigenvalue weighted by Crippen LogP contribution is 2.27. The summed E-state index contributed by atoms with van der Waals surface area (Å²) in [6, 6.07) is 1.94. The molecule has 0 fully saturated rings. The van der Waals surface area contributed by atoms with Gasteiger partial charge in [0.25, 0.3) is 0 Å². The average molecular weight is 225 g/mol. The molecule has 0 unspecified atom stereocenters. The minimum absolute atomic E-state index is 0.396. The lowest BCUT2D eigenvalue weighted by Gasteiger charge is -2.20. The first-order valence-corrected chi connectivity index (χ1v) is 5.10. The molecule has 1 rings (SSSR count). The minimum atomic E-state index is -1.12. The Kier molecular flexibility index (Phi) is 3.65. The van der Waals surface area contributed by atoms with Gasteiger partial charge in [0.05, 0.1) is 0 Å². The molecule has 3 nitrogen and oxygen atoms in total. The van der Waals surface area contributed by atoms with Crippen LogP contribution in [-0.4, -0.2) is 17.1 Å². The maximum Gasteiger partial charge on any atom is 0.321 e. The molecule has 0 saturated carbocycles. The molecule has 1 aromatic rings. The Hall–Kier alpha value is -1.42. The van der Waals surface area contributed by atoms with Crippen molar-refractivity contribution in [3.05, 3.63) is 34.6 Å². The highest BCUT2D eigenvalue weighted by Gasteiger charge is 2.25. The molecule has 16 heavy (non-hydrogen) atoms. The maximum atomic E-state index is 13.7. The van der Waals surface area contributed by atoms with E-state index in [0.717, 1.165) is 11.1 Å². The summed E-state index contributed by atoms with van der Waals surface area (Å²) >= 11 is 0. The van der Waals surface area contributed by atoms with E-state index >= 15 is 0 Å². The number of carboxylic acids is 1. The van der Waals surface area contributed by atoms with Gasteiger partial charge >= 0.3 is 5.97 Å². The standard InChI is InChI=1S/C12H16FNO2/c1-6-4-5-9(13)10(7(6)2)8(3)11(14)12(15)16/h4-5,8,11H,14H2,1-3H3,(H,15,16)/t8-,11-/m0/s1. The van der Waals surface area contributed by atoms with Crippen molar-refractivity contribution in [1.29, 1.82) is 0 Å². The molecule has 0 saturated heterocycles. The van der Waals surface area contributed by atoms with Crippen molar-refractivity contribution in [2.24, 2.45) is 5.73 Å². The van der Waals surface area contributed by atoms with E-state index in [-0.39, 0.29) is 0 Å². The molecule has 3 N–H and O–H groups in total. The van der Waals surface area contributed by atoms with Crippen LogP contribution >= 0.6 is 0 Å². The third-order valence-electron chi connectivity index (χ3n) is 3.01. The molecule has 0 heterocycles. The smallest absolute Gasteiger partial charge is 0.321 e. The van der Waals surface area contributed by atoms with Crippen LogP contribution in [-0.2, 0) is 4.79 Å². The van der Waals surface area contributed by atoms with Gasteiger partial charge in [-0.3, -0.25) is 4.79 Å². The zero-order valence-corrected chi connectivity index (χ0v) is 9.62. The molecule has 0 amide bonds. The largest absolute Gasteiger partial charge is 0.480 e. The van der Waals surface area contributed by atoms with Crippen LogP contribution in [0.2, 0.25) is 0 Å². The zero-order chi connectivity index (χ0) is 12.5. The van der Waals surface area contributed by atoms with Crippen LogP contribution in [0.4, 0.5) is 4.39 Å². The molecule has 0 radical (unpaired) electrons. The van der Waals surface area contributed by atoms with E-state index in [4.69, 9.17) is 10.8 Å². The average Bonchev–Trinajstić information content (AvgIpc) is 2.22. The van der Waals surface area contributed by atoms with Crippen molar-refractivity contribution >= 4 is 5.97 Å². The van der Waals surface area contributed by atoms with Crippen molar-refractivity contribution in [2.75, 3.05) is 0 Å². The lowest BCUT2D eigenvalue weighted by atomic mass is 9.88. The SMILES string of the molecule is Cc1ccc(F)c([C@H](C)[C@H](N)C(=O)O)c1C. The Morgan fingerprint density at radius 3 is 2.50 bits per heavy atom. The first kappa shape index (κ1) is 12.6. The van der Waals surface area contributed by atoms with Gasteiger partial charge in [-0.25, -0.2) is 4.39 Å².